The molecule has 1 aliphatic heterocycles. The number of hydrogen-bond acceptors (Lipinski definition) is 2. The summed E-state index contributed by atoms with van der Waals surface area (Å²) in [6.07, 6.45) is 7.04. The third kappa shape index (κ3) is 3.45. The summed E-state index contributed by atoms with van der Waals surface area (Å²) in [5, 5.41) is 3.60. The molecule has 2 fully saturated rings. The molecule has 100 valence electrons. The summed E-state index contributed by atoms with van der Waals surface area (Å²) < 4.78 is 0. The lowest BCUT2D eigenvalue weighted by Gasteiger charge is -2.43. The Labute approximate surface area is 107 Å². The second-order valence-corrected chi connectivity index (χ2v) is 6.33. The molecule has 0 radical (unpaired) electrons. The fraction of sp³-hybridized carbons (Fsp3) is 1.00. The number of nitrogens with zero attached hydrogens (tertiary/aromatic N) is 1. The fourth-order valence-electron chi connectivity index (χ4n) is 3.92. The molecule has 0 aromatic carbocycles. The minimum atomic E-state index is 0.786. The SMILES string of the molecule is CCNC1CCN(C2CCC(C)CC2C)CC1. The predicted molar refractivity (Wildman–Crippen MR) is 74.2 cm³/mol. The standard InChI is InChI=1S/C15H30N2/c1-4-16-14-7-9-17(10-8-14)15-6-5-12(2)11-13(15)3/h12-16H,4-11H2,1-3H3. The first-order chi connectivity index (χ1) is 8.20. The second-order valence-electron chi connectivity index (χ2n) is 6.33. The van der Waals surface area contributed by atoms with Gasteiger partial charge in [0.2, 0.25) is 0 Å². The lowest BCUT2D eigenvalue weighted by atomic mass is 9.78. The van der Waals surface area contributed by atoms with E-state index in [-0.39, 0.29) is 0 Å². The Balaban J connectivity index is 1.80. The molecule has 1 aliphatic carbocycles. The molecule has 0 aromatic heterocycles. The molecule has 3 atom stereocenters. The Bertz CT molecular complexity index is 221. The second kappa shape index (κ2) is 6.19. The van der Waals surface area contributed by atoms with E-state index in [0.717, 1.165) is 30.5 Å². The number of nitrogens with one attached hydrogen (secondary N) is 1. The summed E-state index contributed by atoms with van der Waals surface area (Å²) in [5.74, 6) is 1.87. The molecule has 2 rings (SSSR count). The van der Waals surface area contributed by atoms with Gasteiger partial charge in [0.05, 0.1) is 0 Å². The van der Waals surface area contributed by atoms with Gasteiger partial charge in [0, 0.05) is 12.1 Å². The molecule has 1 N–H and O–H groups in total. The van der Waals surface area contributed by atoms with Crippen molar-refractivity contribution in [1.82, 2.24) is 10.2 Å². The third-order valence-corrected chi connectivity index (χ3v) is 4.88. The van der Waals surface area contributed by atoms with Crippen molar-refractivity contribution in [3.8, 4) is 0 Å². The van der Waals surface area contributed by atoms with Crippen molar-refractivity contribution in [2.24, 2.45) is 11.8 Å². The molecule has 3 unspecified atom stereocenters. The predicted octanol–water partition coefficient (Wildman–Crippen LogP) is 2.89. The highest BCUT2D eigenvalue weighted by molar-refractivity contribution is 4.87. The van der Waals surface area contributed by atoms with E-state index in [0.29, 0.717) is 0 Å². The van der Waals surface area contributed by atoms with Crippen molar-refractivity contribution < 1.29 is 0 Å². The Morgan fingerprint density at radius 1 is 1.06 bits per heavy atom. The van der Waals surface area contributed by atoms with Crippen LogP contribution in [0.15, 0.2) is 0 Å². The van der Waals surface area contributed by atoms with E-state index in [1.165, 1.54) is 45.2 Å². The fourth-order valence-corrected chi connectivity index (χ4v) is 3.92. The smallest absolute Gasteiger partial charge is 0.0121 e. The minimum Gasteiger partial charge on any atom is -0.314 e. The Morgan fingerprint density at radius 3 is 2.35 bits per heavy atom. The van der Waals surface area contributed by atoms with Crippen molar-refractivity contribution in [3.63, 3.8) is 0 Å². The topological polar surface area (TPSA) is 15.3 Å². The summed E-state index contributed by atoms with van der Waals surface area (Å²) in [5.41, 5.74) is 0. The van der Waals surface area contributed by atoms with Crippen LogP contribution in [0.25, 0.3) is 0 Å². The molecule has 2 aliphatic rings. The molecule has 2 nitrogen and oxygen atoms in total. The van der Waals surface area contributed by atoms with Gasteiger partial charge in [-0.2, -0.15) is 0 Å². The lowest BCUT2D eigenvalue weighted by molar-refractivity contribution is 0.0681. The van der Waals surface area contributed by atoms with E-state index in [9.17, 15) is 0 Å². The number of hydrogen-bond donors (Lipinski definition) is 1. The van der Waals surface area contributed by atoms with Crippen LogP contribution in [0.4, 0.5) is 0 Å². The summed E-state index contributed by atoms with van der Waals surface area (Å²) in [6, 6.07) is 1.67. The van der Waals surface area contributed by atoms with Crippen LogP contribution in [0.2, 0.25) is 0 Å². The number of rotatable bonds is 3. The van der Waals surface area contributed by atoms with Crippen molar-refractivity contribution in [1.29, 1.82) is 0 Å². The summed E-state index contributed by atoms with van der Waals surface area (Å²) >= 11 is 0. The molecule has 0 amide bonds. The van der Waals surface area contributed by atoms with E-state index in [4.69, 9.17) is 0 Å². The van der Waals surface area contributed by atoms with Crippen molar-refractivity contribution >= 4 is 0 Å². The van der Waals surface area contributed by atoms with Crippen LogP contribution >= 0.6 is 0 Å². The summed E-state index contributed by atoms with van der Waals surface area (Å²) in [4.78, 5) is 2.78. The van der Waals surface area contributed by atoms with Gasteiger partial charge in [0.15, 0.2) is 0 Å². The Kier molecular flexibility index (Phi) is 4.87. The third-order valence-electron chi connectivity index (χ3n) is 4.88. The highest BCUT2D eigenvalue weighted by atomic mass is 15.2. The van der Waals surface area contributed by atoms with Gasteiger partial charge in [-0.05, 0) is 63.6 Å². The Morgan fingerprint density at radius 2 is 1.76 bits per heavy atom. The zero-order valence-corrected chi connectivity index (χ0v) is 11.9. The van der Waals surface area contributed by atoms with Gasteiger partial charge in [-0.15, -0.1) is 0 Å². The first-order valence-corrected chi connectivity index (χ1v) is 7.68. The highest BCUT2D eigenvalue weighted by Crippen LogP contribution is 2.33. The molecule has 1 heterocycles. The highest BCUT2D eigenvalue weighted by Gasteiger charge is 2.31. The van der Waals surface area contributed by atoms with Gasteiger partial charge < -0.3 is 10.2 Å². The van der Waals surface area contributed by atoms with Crippen LogP contribution in [0.3, 0.4) is 0 Å². The van der Waals surface area contributed by atoms with Crippen LogP contribution in [-0.2, 0) is 0 Å². The number of piperidine rings is 1. The van der Waals surface area contributed by atoms with Gasteiger partial charge in [-0.3, -0.25) is 0 Å². The average Bonchev–Trinajstić information content (AvgIpc) is 2.31. The Hall–Kier alpha value is -0.0800. The van der Waals surface area contributed by atoms with E-state index in [1.54, 1.807) is 0 Å². The average molecular weight is 238 g/mol. The van der Waals surface area contributed by atoms with E-state index in [1.807, 2.05) is 0 Å². The molecule has 17 heavy (non-hydrogen) atoms. The molecule has 0 bridgehead atoms. The van der Waals surface area contributed by atoms with Crippen LogP contribution in [0, 0.1) is 11.8 Å². The maximum Gasteiger partial charge on any atom is 0.0121 e. The van der Waals surface area contributed by atoms with Crippen LogP contribution in [0.5, 0.6) is 0 Å². The summed E-state index contributed by atoms with van der Waals surface area (Å²) in [6.45, 7) is 10.9. The van der Waals surface area contributed by atoms with Crippen molar-refractivity contribution in [2.75, 3.05) is 19.6 Å². The molecule has 2 heteroatoms. The monoisotopic (exact) mass is 238 g/mol. The molecule has 0 spiro atoms. The number of likely N-dealkylation sites (tertiary alicyclic amines) is 1. The van der Waals surface area contributed by atoms with E-state index < -0.39 is 0 Å². The van der Waals surface area contributed by atoms with Gasteiger partial charge in [0.1, 0.15) is 0 Å². The zero-order chi connectivity index (χ0) is 12.3. The minimum absolute atomic E-state index is 0.786. The first-order valence-electron chi connectivity index (χ1n) is 7.68. The first kappa shape index (κ1) is 13.4. The van der Waals surface area contributed by atoms with Gasteiger partial charge in [0.25, 0.3) is 0 Å². The molecule has 1 saturated heterocycles. The van der Waals surface area contributed by atoms with Crippen molar-refractivity contribution in [3.05, 3.63) is 0 Å². The van der Waals surface area contributed by atoms with Crippen LogP contribution < -0.4 is 5.32 Å². The summed E-state index contributed by atoms with van der Waals surface area (Å²) in [7, 11) is 0. The maximum absolute atomic E-state index is 3.60. The van der Waals surface area contributed by atoms with Gasteiger partial charge in [-0.1, -0.05) is 20.8 Å². The molecular weight excluding hydrogens is 208 g/mol. The molecule has 0 aromatic rings. The van der Waals surface area contributed by atoms with Crippen LogP contribution in [0.1, 0.15) is 52.9 Å². The quantitative estimate of drug-likeness (QED) is 0.813. The van der Waals surface area contributed by atoms with Gasteiger partial charge >= 0.3 is 0 Å². The lowest BCUT2D eigenvalue weighted by Crippen LogP contribution is -2.49. The van der Waals surface area contributed by atoms with Crippen LogP contribution in [-0.4, -0.2) is 36.6 Å². The zero-order valence-electron chi connectivity index (χ0n) is 11.9. The maximum atomic E-state index is 3.60. The largest absolute Gasteiger partial charge is 0.314 e. The molecule has 1 saturated carbocycles. The van der Waals surface area contributed by atoms with Gasteiger partial charge in [-0.25, -0.2) is 0 Å². The normalized spacial score (nSPS) is 37.2. The van der Waals surface area contributed by atoms with E-state index >= 15 is 0 Å². The molecular formula is C15H30N2. The van der Waals surface area contributed by atoms with Crippen molar-refractivity contribution in [2.45, 2.75) is 65.0 Å². The van der Waals surface area contributed by atoms with E-state index in [2.05, 4.69) is 31.0 Å².